The molecule has 0 radical (unpaired) electrons. The van der Waals surface area contributed by atoms with Crippen molar-refractivity contribution in [1.29, 1.82) is 0 Å². The zero-order valence-electron chi connectivity index (χ0n) is 11.0. The Balaban J connectivity index is 1.76. The second kappa shape index (κ2) is 5.45. The Labute approximate surface area is 116 Å². The third kappa shape index (κ3) is 2.59. The van der Waals surface area contributed by atoms with Gasteiger partial charge >= 0.3 is 0 Å². The molecule has 0 amide bonds. The van der Waals surface area contributed by atoms with Gasteiger partial charge in [0.2, 0.25) is 0 Å². The van der Waals surface area contributed by atoms with E-state index in [9.17, 15) is 0 Å². The maximum atomic E-state index is 5.74. The van der Waals surface area contributed by atoms with Crippen molar-refractivity contribution in [3.05, 3.63) is 23.7 Å². The molecule has 3 rings (SSSR count). The first-order chi connectivity index (χ1) is 9.33. The molecule has 1 fully saturated rings. The van der Waals surface area contributed by atoms with Crippen molar-refractivity contribution in [2.45, 2.75) is 18.4 Å². The first-order valence-corrected chi connectivity index (χ1v) is 7.40. The molecule has 102 valence electrons. The number of methoxy groups -OCH3 is 1. The summed E-state index contributed by atoms with van der Waals surface area (Å²) in [5, 5.41) is 5.60. The van der Waals surface area contributed by atoms with Gasteiger partial charge in [0.15, 0.2) is 0 Å². The fraction of sp³-hybridized carbons (Fsp3) is 0.500. The number of rotatable bonds is 4. The second-order valence-corrected chi connectivity index (χ2v) is 5.76. The van der Waals surface area contributed by atoms with E-state index in [0.717, 1.165) is 43.8 Å². The topological polar surface area (TPSA) is 43.4 Å². The molecule has 1 saturated heterocycles. The molecule has 19 heavy (non-hydrogen) atoms. The Hall–Kier alpha value is -1.17. The number of thiophene rings is 1. The molecule has 0 bridgehead atoms. The molecule has 3 heterocycles. The van der Waals surface area contributed by atoms with Crippen LogP contribution in [0, 0.1) is 0 Å². The Bertz CT molecular complexity index is 549. The minimum atomic E-state index is -0.106. The lowest BCUT2D eigenvalue weighted by molar-refractivity contribution is -0.0807. The number of nitrogens with zero attached hydrogens (tertiary/aromatic N) is 1. The molecular weight excluding hydrogens is 260 g/mol. The maximum Gasteiger partial charge on any atom is 0.0893 e. The smallest absolute Gasteiger partial charge is 0.0893 e. The molecular formula is C14H18N2O2S. The van der Waals surface area contributed by atoms with Gasteiger partial charge in [-0.15, -0.1) is 11.3 Å². The van der Waals surface area contributed by atoms with Crippen molar-refractivity contribution in [3.63, 3.8) is 0 Å². The number of fused-ring (bicyclic) bond motifs is 1. The number of hydrogen-bond donors (Lipinski definition) is 1. The zero-order valence-corrected chi connectivity index (χ0v) is 11.8. The highest BCUT2D eigenvalue weighted by Gasteiger charge is 2.32. The third-order valence-electron chi connectivity index (χ3n) is 3.78. The average molecular weight is 278 g/mol. The van der Waals surface area contributed by atoms with E-state index in [1.54, 1.807) is 18.4 Å². The first kappa shape index (κ1) is 12.8. The van der Waals surface area contributed by atoms with Gasteiger partial charge in [-0.1, -0.05) is 0 Å². The summed E-state index contributed by atoms with van der Waals surface area (Å²) in [4.78, 5) is 4.35. The standard InChI is InChI=1S/C14H18N2O2S/c1-17-14(4-7-18-8-5-14)10-16-11-2-6-15-12-3-9-19-13(11)12/h2-3,6,9H,4-5,7-8,10H2,1H3,(H,15,16). The normalized spacial score (nSPS) is 18.6. The number of ether oxygens (including phenoxy) is 2. The highest BCUT2D eigenvalue weighted by Crippen LogP contribution is 2.29. The summed E-state index contributed by atoms with van der Waals surface area (Å²) in [7, 11) is 1.79. The zero-order chi connectivity index (χ0) is 13.1. The predicted octanol–water partition coefficient (Wildman–Crippen LogP) is 2.90. The number of nitrogens with one attached hydrogen (secondary N) is 1. The molecule has 1 N–H and O–H groups in total. The lowest BCUT2D eigenvalue weighted by Gasteiger charge is -2.36. The molecule has 2 aromatic rings. The minimum Gasteiger partial charge on any atom is -0.381 e. The summed E-state index contributed by atoms with van der Waals surface area (Å²) < 4.78 is 12.4. The molecule has 0 aliphatic carbocycles. The summed E-state index contributed by atoms with van der Waals surface area (Å²) >= 11 is 1.72. The summed E-state index contributed by atoms with van der Waals surface area (Å²) in [5.41, 5.74) is 2.09. The SMILES string of the molecule is COC1(CNc2ccnc3ccsc23)CCOCC1. The van der Waals surface area contributed by atoms with E-state index in [1.807, 2.05) is 18.3 Å². The van der Waals surface area contributed by atoms with E-state index in [1.165, 1.54) is 4.70 Å². The molecule has 5 heteroatoms. The lowest BCUT2D eigenvalue weighted by Crippen LogP contribution is -2.44. The van der Waals surface area contributed by atoms with Gasteiger partial charge in [-0.3, -0.25) is 4.98 Å². The quantitative estimate of drug-likeness (QED) is 0.934. The molecule has 0 saturated carbocycles. The number of pyridine rings is 1. The summed E-state index contributed by atoms with van der Waals surface area (Å²) in [6, 6.07) is 4.08. The number of aromatic nitrogens is 1. The Morgan fingerprint density at radius 3 is 3.05 bits per heavy atom. The van der Waals surface area contributed by atoms with Crippen molar-refractivity contribution < 1.29 is 9.47 Å². The number of hydrogen-bond acceptors (Lipinski definition) is 5. The van der Waals surface area contributed by atoms with Crippen LogP contribution >= 0.6 is 11.3 Å². The molecule has 0 aromatic carbocycles. The van der Waals surface area contributed by atoms with Crippen LogP contribution in [-0.4, -0.2) is 37.5 Å². The lowest BCUT2D eigenvalue weighted by atomic mass is 9.94. The fourth-order valence-electron chi connectivity index (χ4n) is 2.47. The second-order valence-electron chi connectivity index (χ2n) is 4.85. The third-order valence-corrected chi connectivity index (χ3v) is 4.72. The van der Waals surface area contributed by atoms with Crippen LogP contribution in [0.25, 0.3) is 10.2 Å². The van der Waals surface area contributed by atoms with Crippen molar-refractivity contribution in [2.75, 3.05) is 32.2 Å². The van der Waals surface area contributed by atoms with Crippen LogP contribution in [0.3, 0.4) is 0 Å². The number of anilines is 1. The van der Waals surface area contributed by atoms with Gasteiger partial charge in [-0.05, 0) is 17.5 Å². The van der Waals surface area contributed by atoms with Crippen LogP contribution in [-0.2, 0) is 9.47 Å². The average Bonchev–Trinajstić information content (AvgIpc) is 2.95. The van der Waals surface area contributed by atoms with Crippen LogP contribution in [0.15, 0.2) is 23.7 Å². The highest BCUT2D eigenvalue weighted by atomic mass is 32.1. The molecule has 1 aliphatic rings. The van der Waals surface area contributed by atoms with Gasteiger partial charge in [0.05, 0.1) is 21.5 Å². The first-order valence-electron chi connectivity index (χ1n) is 6.52. The maximum absolute atomic E-state index is 5.74. The van der Waals surface area contributed by atoms with Gasteiger partial charge in [-0.2, -0.15) is 0 Å². The largest absolute Gasteiger partial charge is 0.381 e. The van der Waals surface area contributed by atoms with Crippen LogP contribution in [0.2, 0.25) is 0 Å². The van der Waals surface area contributed by atoms with Gasteiger partial charge < -0.3 is 14.8 Å². The molecule has 0 spiro atoms. The van der Waals surface area contributed by atoms with E-state index >= 15 is 0 Å². The minimum absolute atomic E-state index is 0.106. The molecule has 0 atom stereocenters. The van der Waals surface area contributed by atoms with Gasteiger partial charge in [0.25, 0.3) is 0 Å². The van der Waals surface area contributed by atoms with Crippen molar-refractivity contribution in [1.82, 2.24) is 4.98 Å². The van der Waals surface area contributed by atoms with Gasteiger partial charge in [-0.25, -0.2) is 0 Å². The molecule has 4 nitrogen and oxygen atoms in total. The molecule has 0 unspecified atom stereocenters. The molecule has 2 aromatic heterocycles. The van der Waals surface area contributed by atoms with Crippen molar-refractivity contribution in [2.24, 2.45) is 0 Å². The van der Waals surface area contributed by atoms with E-state index in [2.05, 4.69) is 15.7 Å². The Kier molecular flexibility index (Phi) is 3.68. The summed E-state index contributed by atoms with van der Waals surface area (Å²) in [6.45, 7) is 2.37. The highest BCUT2D eigenvalue weighted by molar-refractivity contribution is 7.17. The summed E-state index contributed by atoms with van der Waals surface area (Å²) in [6.07, 6.45) is 3.73. The Morgan fingerprint density at radius 1 is 1.42 bits per heavy atom. The van der Waals surface area contributed by atoms with Crippen LogP contribution in [0.1, 0.15) is 12.8 Å². The van der Waals surface area contributed by atoms with Crippen molar-refractivity contribution >= 4 is 27.2 Å². The van der Waals surface area contributed by atoms with E-state index < -0.39 is 0 Å². The van der Waals surface area contributed by atoms with E-state index in [0.29, 0.717) is 0 Å². The van der Waals surface area contributed by atoms with Crippen LogP contribution in [0.4, 0.5) is 5.69 Å². The van der Waals surface area contributed by atoms with Crippen LogP contribution in [0.5, 0.6) is 0 Å². The van der Waals surface area contributed by atoms with E-state index in [4.69, 9.17) is 9.47 Å². The van der Waals surface area contributed by atoms with E-state index in [-0.39, 0.29) is 5.60 Å². The van der Waals surface area contributed by atoms with Crippen LogP contribution < -0.4 is 5.32 Å². The molecule has 1 aliphatic heterocycles. The summed E-state index contributed by atoms with van der Waals surface area (Å²) in [5.74, 6) is 0. The van der Waals surface area contributed by atoms with Gasteiger partial charge in [0, 0.05) is 45.9 Å². The van der Waals surface area contributed by atoms with Crippen molar-refractivity contribution in [3.8, 4) is 0 Å². The van der Waals surface area contributed by atoms with Gasteiger partial charge in [0.1, 0.15) is 0 Å². The monoisotopic (exact) mass is 278 g/mol. The fourth-order valence-corrected chi connectivity index (χ4v) is 3.31. The Morgan fingerprint density at radius 2 is 2.26 bits per heavy atom. The predicted molar refractivity (Wildman–Crippen MR) is 77.9 cm³/mol.